The first kappa shape index (κ1) is 10.5. The summed E-state index contributed by atoms with van der Waals surface area (Å²) in [6, 6.07) is 6.65. The maximum absolute atomic E-state index is 6.12. The molecule has 0 saturated carbocycles. The van der Waals surface area contributed by atoms with Gasteiger partial charge >= 0.3 is 0 Å². The molecule has 0 fully saturated rings. The molecule has 3 rings (SSSR count). The third kappa shape index (κ3) is 1.58. The Hall–Kier alpha value is -1.61. The van der Waals surface area contributed by atoms with Crippen molar-refractivity contribution >= 4 is 0 Å². The Morgan fingerprint density at radius 3 is 2.88 bits per heavy atom. The zero-order valence-corrected chi connectivity index (χ0v) is 10.3. The van der Waals surface area contributed by atoms with Gasteiger partial charge in [0.15, 0.2) is 0 Å². The molecule has 1 aromatic heterocycles. The van der Waals surface area contributed by atoms with Crippen molar-refractivity contribution in [3.8, 4) is 11.1 Å². The number of aryl methyl sites for hydroxylation is 2. The lowest BCUT2D eigenvalue weighted by Gasteiger charge is -2.08. The van der Waals surface area contributed by atoms with Crippen LogP contribution in [0.1, 0.15) is 29.3 Å². The van der Waals surface area contributed by atoms with E-state index in [9.17, 15) is 0 Å². The van der Waals surface area contributed by atoms with E-state index in [2.05, 4.69) is 36.4 Å². The maximum Gasteiger partial charge on any atom is 0.0672 e. The molecule has 1 aliphatic rings. The van der Waals surface area contributed by atoms with Gasteiger partial charge in [-0.1, -0.05) is 18.2 Å². The molecule has 1 aliphatic carbocycles. The lowest BCUT2D eigenvalue weighted by atomic mass is 9.97. The van der Waals surface area contributed by atoms with Gasteiger partial charge < -0.3 is 5.73 Å². The minimum absolute atomic E-state index is 0.210. The van der Waals surface area contributed by atoms with Gasteiger partial charge in [0.1, 0.15) is 0 Å². The highest BCUT2D eigenvalue weighted by molar-refractivity contribution is 5.71. The molecule has 0 radical (unpaired) electrons. The van der Waals surface area contributed by atoms with E-state index in [1.165, 1.54) is 22.3 Å². The number of aromatic nitrogens is 2. The van der Waals surface area contributed by atoms with Crippen LogP contribution < -0.4 is 5.73 Å². The fraction of sp³-hybridized carbons (Fsp3) is 0.357. The van der Waals surface area contributed by atoms with Crippen LogP contribution in [-0.2, 0) is 13.5 Å². The van der Waals surface area contributed by atoms with Crippen molar-refractivity contribution in [3.63, 3.8) is 0 Å². The maximum atomic E-state index is 6.12. The fourth-order valence-electron chi connectivity index (χ4n) is 2.80. The Morgan fingerprint density at radius 2 is 2.18 bits per heavy atom. The molecule has 0 aliphatic heterocycles. The molecule has 0 spiro atoms. The highest BCUT2D eigenvalue weighted by Crippen LogP contribution is 2.37. The zero-order chi connectivity index (χ0) is 12.0. The summed E-state index contributed by atoms with van der Waals surface area (Å²) in [5, 5.41) is 4.42. The van der Waals surface area contributed by atoms with Crippen LogP contribution in [0.15, 0.2) is 24.4 Å². The largest absolute Gasteiger partial charge is 0.324 e. The molecule has 2 N–H and O–H groups in total. The van der Waals surface area contributed by atoms with Crippen LogP contribution in [0, 0.1) is 6.92 Å². The van der Waals surface area contributed by atoms with Gasteiger partial charge in [0.25, 0.3) is 0 Å². The summed E-state index contributed by atoms with van der Waals surface area (Å²) in [6.07, 6.45) is 4.24. The molecule has 3 heteroatoms. The van der Waals surface area contributed by atoms with Crippen molar-refractivity contribution in [1.29, 1.82) is 0 Å². The SMILES string of the molecule is Cc1nn(C)cc1-c1cccc2c1CCC2N. The third-order valence-corrected chi connectivity index (χ3v) is 3.62. The molecule has 0 saturated heterocycles. The predicted octanol–water partition coefficient (Wildman–Crippen LogP) is 2.34. The Kier molecular flexibility index (Phi) is 2.30. The number of nitrogens with two attached hydrogens (primary N) is 1. The molecule has 3 nitrogen and oxygen atoms in total. The Bertz CT molecular complexity index is 569. The molecular formula is C14H17N3. The van der Waals surface area contributed by atoms with Gasteiger partial charge in [0.05, 0.1) is 5.69 Å². The van der Waals surface area contributed by atoms with Crippen molar-refractivity contribution in [2.75, 3.05) is 0 Å². The van der Waals surface area contributed by atoms with Crippen molar-refractivity contribution < 1.29 is 0 Å². The molecule has 2 aromatic rings. The highest BCUT2D eigenvalue weighted by Gasteiger charge is 2.22. The summed E-state index contributed by atoms with van der Waals surface area (Å²) in [7, 11) is 1.96. The molecule has 1 aromatic carbocycles. The molecule has 1 heterocycles. The summed E-state index contributed by atoms with van der Waals surface area (Å²) in [6.45, 7) is 2.06. The lowest BCUT2D eigenvalue weighted by molar-refractivity contribution is 0.713. The van der Waals surface area contributed by atoms with E-state index < -0.39 is 0 Å². The summed E-state index contributed by atoms with van der Waals surface area (Å²) < 4.78 is 1.87. The Balaban J connectivity index is 2.20. The molecule has 1 atom stereocenters. The number of hydrogen-bond acceptors (Lipinski definition) is 2. The quantitative estimate of drug-likeness (QED) is 0.812. The van der Waals surface area contributed by atoms with E-state index in [0.29, 0.717) is 0 Å². The van der Waals surface area contributed by atoms with Crippen LogP contribution in [-0.4, -0.2) is 9.78 Å². The van der Waals surface area contributed by atoms with E-state index in [4.69, 9.17) is 5.73 Å². The van der Waals surface area contributed by atoms with E-state index in [1.807, 2.05) is 11.7 Å². The van der Waals surface area contributed by atoms with Crippen molar-refractivity contribution in [1.82, 2.24) is 9.78 Å². The predicted molar refractivity (Wildman–Crippen MR) is 68.6 cm³/mol. The summed E-state index contributed by atoms with van der Waals surface area (Å²) in [4.78, 5) is 0. The Morgan fingerprint density at radius 1 is 1.35 bits per heavy atom. The molecule has 1 unspecified atom stereocenters. The summed E-state index contributed by atoms with van der Waals surface area (Å²) >= 11 is 0. The van der Waals surface area contributed by atoms with Gasteiger partial charge in [-0.25, -0.2) is 0 Å². The zero-order valence-electron chi connectivity index (χ0n) is 10.3. The van der Waals surface area contributed by atoms with Gasteiger partial charge in [-0.15, -0.1) is 0 Å². The van der Waals surface area contributed by atoms with E-state index >= 15 is 0 Å². The molecule has 17 heavy (non-hydrogen) atoms. The van der Waals surface area contributed by atoms with Gasteiger partial charge in [-0.3, -0.25) is 4.68 Å². The number of benzene rings is 1. The number of fused-ring (bicyclic) bond motifs is 1. The number of rotatable bonds is 1. The third-order valence-electron chi connectivity index (χ3n) is 3.62. The standard InChI is InChI=1S/C14H17N3/c1-9-13(8-17(2)16-9)10-4-3-5-12-11(10)6-7-14(12)15/h3-5,8,14H,6-7,15H2,1-2H3. The van der Waals surface area contributed by atoms with Crippen LogP contribution in [0.5, 0.6) is 0 Å². The summed E-state index contributed by atoms with van der Waals surface area (Å²) in [5.41, 5.74) is 12.5. The van der Waals surface area contributed by atoms with Crippen LogP contribution in [0.25, 0.3) is 11.1 Å². The van der Waals surface area contributed by atoms with E-state index in [-0.39, 0.29) is 6.04 Å². The lowest BCUT2D eigenvalue weighted by Crippen LogP contribution is -2.04. The van der Waals surface area contributed by atoms with Crippen LogP contribution in [0.2, 0.25) is 0 Å². The van der Waals surface area contributed by atoms with E-state index in [1.54, 1.807) is 0 Å². The van der Waals surface area contributed by atoms with E-state index in [0.717, 1.165) is 18.5 Å². The van der Waals surface area contributed by atoms with Gasteiger partial charge in [0, 0.05) is 24.8 Å². The second-order valence-electron chi connectivity index (χ2n) is 4.82. The second kappa shape index (κ2) is 3.70. The first-order valence-electron chi connectivity index (χ1n) is 6.05. The monoisotopic (exact) mass is 227 g/mol. The first-order chi connectivity index (χ1) is 8.16. The molecule has 0 amide bonds. The normalized spacial score (nSPS) is 18.4. The highest BCUT2D eigenvalue weighted by atomic mass is 15.2. The topological polar surface area (TPSA) is 43.8 Å². The molecular weight excluding hydrogens is 210 g/mol. The second-order valence-corrected chi connectivity index (χ2v) is 4.82. The first-order valence-corrected chi connectivity index (χ1v) is 6.05. The minimum atomic E-state index is 0.210. The summed E-state index contributed by atoms with van der Waals surface area (Å²) in [5.74, 6) is 0. The number of hydrogen-bond donors (Lipinski definition) is 1. The smallest absolute Gasteiger partial charge is 0.0672 e. The van der Waals surface area contributed by atoms with Crippen LogP contribution in [0.3, 0.4) is 0 Å². The minimum Gasteiger partial charge on any atom is -0.324 e. The van der Waals surface area contributed by atoms with Crippen molar-refractivity contribution in [3.05, 3.63) is 41.2 Å². The van der Waals surface area contributed by atoms with Gasteiger partial charge in [-0.2, -0.15) is 5.10 Å². The van der Waals surface area contributed by atoms with Crippen LogP contribution >= 0.6 is 0 Å². The van der Waals surface area contributed by atoms with Gasteiger partial charge in [-0.05, 0) is 36.5 Å². The van der Waals surface area contributed by atoms with Crippen LogP contribution in [0.4, 0.5) is 0 Å². The molecule has 88 valence electrons. The van der Waals surface area contributed by atoms with Gasteiger partial charge in [0.2, 0.25) is 0 Å². The average molecular weight is 227 g/mol. The van der Waals surface area contributed by atoms with Crippen molar-refractivity contribution in [2.24, 2.45) is 12.8 Å². The Labute approximate surface area is 101 Å². The number of nitrogens with zero attached hydrogens (tertiary/aromatic N) is 2. The average Bonchev–Trinajstić information content (AvgIpc) is 2.83. The fourth-order valence-corrected chi connectivity index (χ4v) is 2.80. The van der Waals surface area contributed by atoms with Crippen molar-refractivity contribution in [2.45, 2.75) is 25.8 Å². The molecule has 0 bridgehead atoms.